The van der Waals surface area contributed by atoms with Crippen LogP contribution < -0.4 is 10.2 Å². The van der Waals surface area contributed by atoms with Gasteiger partial charge in [0.25, 0.3) is 5.91 Å². The molecule has 0 unspecified atom stereocenters. The Hall–Kier alpha value is -3.25. The Morgan fingerprint density at radius 1 is 1.06 bits per heavy atom. The minimum absolute atomic E-state index is 0.0618. The van der Waals surface area contributed by atoms with Crippen molar-refractivity contribution >= 4 is 11.6 Å². The van der Waals surface area contributed by atoms with Crippen LogP contribution in [0.4, 0.5) is 5.69 Å². The Morgan fingerprint density at radius 3 is 2.38 bits per heavy atom. The summed E-state index contributed by atoms with van der Waals surface area (Å²) in [6.07, 6.45) is 2.40. The fraction of sp³-hybridized carbons (Fsp3) is 0.346. The van der Waals surface area contributed by atoms with Crippen LogP contribution in [0, 0.1) is 6.92 Å². The van der Waals surface area contributed by atoms with Gasteiger partial charge in [0.2, 0.25) is 0 Å². The molecule has 1 fully saturated rings. The molecule has 0 saturated carbocycles. The number of aryl methyl sites for hydroxylation is 1. The SMILES string of the molecule is CCNC(=O)c1cnc2c(n1)CN(c1ccc(C3(c4ccc(C)cc4)COC3)cc1)CC2. The van der Waals surface area contributed by atoms with Gasteiger partial charge in [0.05, 0.1) is 42.8 Å². The van der Waals surface area contributed by atoms with Gasteiger partial charge in [0.1, 0.15) is 5.69 Å². The monoisotopic (exact) mass is 428 g/mol. The van der Waals surface area contributed by atoms with E-state index in [4.69, 9.17) is 4.74 Å². The first-order valence-electron chi connectivity index (χ1n) is 11.2. The number of ether oxygens (including phenoxy) is 1. The summed E-state index contributed by atoms with van der Waals surface area (Å²) < 4.78 is 5.65. The van der Waals surface area contributed by atoms with Crippen molar-refractivity contribution in [2.75, 3.05) is 31.2 Å². The fourth-order valence-electron chi connectivity index (χ4n) is 4.54. The van der Waals surface area contributed by atoms with Crippen molar-refractivity contribution in [2.45, 2.75) is 32.2 Å². The predicted molar refractivity (Wildman–Crippen MR) is 124 cm³/mol. The van der Waals surface area contributed by atoms with Gasteiger partial charge in [0, 0.05) is 25.2 Å². The summed E-state index contributed by atoms with van der Waals surface area (Å²) in [5.41, 5.74) is 7.20. The van der Waals surface area contributed by atoms with Crippen molar-refractivity contribution in [1.29, 1.82) is 0 Å². The molecule has 0 atom stereocenters. The highest BCUT2D eigenvalue weighted by atomic mass is 16.5. The molecule has 2 aliphatic rings. The molecule has 0 aliphatic carbocycles. The zero-order valence-corrected chi connectivity index (χ0v) is 18.6. The average molecular weight is 429 g/mol. The van der Waals surface area contributed by atoms with E-state index in [1.165, 1.54) is 16.7 Å². The minimum Gasteiger partial charge on any atom is -0.379 e. The maximum absolute atomic E-state index is 12.1. The lowest BCUT2D eigenvalue weighted by Crippen LogP contribution is -2.47. The first kappa shape index (κ1) is 20.6. The molecule has 2 aliphatic heterocycles. The molecule has 164 valence electrons. The molecule has 0 bridgehead atoms. The number of rotatable bonds is 5. The highest BCUT2D eigenvalue weighted by Gasteiger charge is 2.42. The average Bonchev–Trinajstić information content (AvgIpc) is 2.79. The summed E-state index contributed by atoms with van der Waals surface area (Å²) in [5.74, 6) is -0.173. The van der Waals surface area contributed by atoms with E-state index in [2.05, 4.69) is 75.6 Å². The van der Waals surface area contributed by atoms with Gasteiger partial charge in [-0.1, -0.05) is 42.0 Å². The molecule has 32 heavy (non-hydrogen) atoms. The lowest BCUT2D eigenvalue weighted by atomic mass is 9.73. The minimum atomic E-state index is -0.173. The summed E-state index contributed by atoms with van der Waals surface area (Å²) in [4.78, 5) is 23.5. The molecule has 3 aromatic rings. The van der Waals surface area contributed by atoms with Crippen LogP contribution in [0.15, 0.2) is 54.7 Å². The van der Waals surface area contributed by atoms with Crippen LogP contribution in [0.25, 0.3) is 0 Å². The van der Waals surface area contributed by atoms with Crippen molar-refractivity contribution in [2.24, 2.45) is 0 Å². The Labute approximate surface area is 188 Å². The third-order valence-electron chi connectivity index (χ3n) is 6.55. The molecule has 0 radical (unpaired) electrons. The van der Waals surface area contributed by atoms with Crippen molar-refractivity contribution in [3.8, 4) is 0 Å². The standard InChI is InChI=1S/C26H28N4O2/c1-3-27-25(31)23-14-28-22-12-13-30(15-24(22)29-23)21-10-8-20(9-11-21)26(16-32-17-26)19-6-4-18(2)5-7-19/h4-11,14H,3,12-13,15-17H2,1-2H3,(H,27,31). The van der Waals surface area contributed by atoms with E-state index in [0.717, 1.165) is 30.0 Å². The zero-order chi connectivity index (χ0) is 22.1. The molecule has 3 heterocycles. The topological polar surface area (TPSA) is 67.4 Å². The lowest BCUT2D eigenvalue weighted by Gasteiger charge is -2.43. The van der Waals surface area contributed by atoms with Gasteiger partial charge in [0.15, 0.2) is 0 Å². The largest absolute Gasteiger partial charge is 0.379 e. The number of amides is 1. The fourth-order valence-corrected chi connectivity index (χ4v) is 4.54. The van der Waals surface area contributed by atoms with E-state index in [-0.39, 0.29) is 11.3 Å². The number of carbonyl (C=O) groups is 1. The van der Waals surface area contributed by atoms with Crippen LogP contribution in [0.3, 0.4) is 0 Å². The van der Waals surface area contributed by atoms with Crippen molar-refractivity contribution in [3.63, 3.8) is 0 Å². The number of benzene rings is 2. The van der Waals surface area contributed by atoms with Gasteiger partial charge in [-0.05, 0) is 37.1 Å². The maximum atomic E-state index is 12.1. The predicted octanol–water partition coefficient (Wildman–Crippen LogP) is 3.41. The van der Waals surface area contributed by atoms with Gasteiger partial charge in [-0.25, -0.2) is 4.98 Å². The first-order chi connectivity index (χ1) is 15.6. The summed E-state index contributed by atoms with van der Waals surface area (Å²) in [6.45, 7) is 7.55. The van der Waals surface area contributed by atoms with Crippen molar-refractivity contribution in [1.82, 2.24) is 15.3 Å². The quantitative estimate of drug-likeness (QED) is 0.675. The molecule has 1 saturated heterocycles. The number of nitrogens with zero attached hydrogens (tertiary/aromatic N) is 3. The van der Waals surface area contributed by atoms with E-state index < -0.39 is 0 Å². The number of aromatic nitrogens is 2. The molecule has 5 rings (SSSR count). The van der Waals surface area contributed by atoms with E-state index in [1.54, 1.807) is 6.20 Å². The van der Waals surface area contributed by atoms with Crippen LogP contribution in [-0.2, 0) is 23.1 Å². The highest BCUT2D eigenvalue weighted by Crippen LogP contribution is 2.40. The van der Waals surface area contributed by atoms with E-state index in [1.807, 2.05) is 6.92 Å². The van der Waals surface area contributed by atoms with Crippen LogP contribution in [-0.4, -0.2) is 42.2 Å². The van der Waals surface area contributed by atoms with Crippen molar-refractivity contribution < 1.29 is 9.53 Å². The summed E-state index contributed by atoms with van der Waals surface area (Å²) >= 11 is 0. The number of carbonyl (C=O) groups excluding carboxylic acids is 1. The normalized spacial score (nSPS) is 16.8. The van der Waals surface area contributed by atoms with E-state index in [9.17, 15) is 4.79 Å². The molecule has 6 nitrogen and oxygen atoms in total. The van der Waals surface area contributed by atoms with Gasteiger partial charge >= 0.3 is 0 Å². The Balaban J connectivity index is 1.36. The Morgan fingerprint density at radius 2 is 1.75 bits per heavy atom. The van der Waals surface area contributed by atoms with Gasteiger partial charge in [-0.2, -0.15) is 0 Å². The summed E-state index contributed by atoms with van der Waals surface area (Å²) in [6, 6.07) is 17.6. The number of hydrogen-bond acceptors (Lipinski definition) is 5. The zero-order valence-electron chi connectivity index (χ0n) is 18.6. The molecule has 1 aromatic heterocycles. The Bertz CT molecular complexity index is 1120. The third-order valence-corrected chi connectivity index (χ3v) is 6.55. The maximum Gasteiger partial charge on any atom is 0.271 e. The van der Waals surface area contributed by atoms with Crippen LogP contribution in [0.1, 0.15) is 45.5 Å². The van der Waals surface area contributed by atoms with Crippen LogP contribution in [0.2, 0.25) is 0 Å². The molecular formula is C26H28N4O2. The molecular weight excluding hydrogens is 400 g/mol. The molecule has 2 aromatic carbocycles. The second-order valence-electron chi connectivity index (χ2n) is 8.67. The number of anilines is 1. The van der Waals surface area contributed by atoms with Crippen molar-refractivity contribution in [3.05, 3.63) is 88.5 Å². The third kappa shape index (κ3) is 3.65. The van der Waals surface area contributed by atoms with Crippen LogP contribution >= 0.6 is 0 Å². The van der Waals surface area contributed by atoms with Gasteiger partial charge in [-0.15, -0.1) is 0 Å². The lowest BCUT2D eigenvalue weighted by molar-refractivity contribution is -0.0379. The molecule has 6 heteroatoms. The van der Waals surface area contributed by atoms with Crippen LogP contribution in [0.5, 0.6) is 0 Å². The summed E-state index contributed by atoms with van der Waals surface area (Å²) in [7, 11) is 0. The second-order valence-corrected chi connectivity index (χ2v) is 8.67. The molecule has 0 spiro atoms. The Kier molecular flexibility index (Phi) is 5.39. The highest BCUT2D eigenvalue weighted by molar-refractivity contribution is 5.91. The number of nitrogens with one attached hydrogen (secondary N) is 1. The van der Waals surface area contributed by atoms with E-state index in [0.29, 0.717) is 32.0 Å². The summed E-state index contributed by atoms with van der Waals surface area (Å²) in [5, 5.41) is 2.79. The molecule has 1 amide bonds. The molecule has 1 N–H and O–H groups in total. The number of hydrogen-bond donors (Lipinski definition) is 1. The first-order valence-corrected chi connectivity index (χ1v) is 11.2. The van der Waals surface area contributed by atoms with E-state index >= 15 is 0 Å². The van der Waals surface area contributed by atoms with Gasteiger partial charge in [-0.3, -0.25) is 9.78 Å². The second kappa shape index (κ2) is 8.36. The smallest absolute Gasteiger partial charge is 0.271 e. The van der Waals surface area contributed by atoms with Gasteiger partial charge < -0.3 is 15.0 Å². The number of fused-ring (bicyclic) bond motifs is 1.